The van der Waals surface area contributed by atoms with Crippen molar-refractivity contribution in [3.63, 3.8) is 0 Å². The van der Waals surface area contributed by atoms with E-state index in [1.54, 1.807) is 12.1 Å². The number of carbonyl (C=O) groups is 1. The van der Waals surface area contributed by atoms with Crippen molar-refractivity contribution in [1.29, 1.82) is 0 Å². The van der Waals surface area contributed by atoms with Crippen molar-refractivity contribution >= 4 is 34.9 Å². The number of benzene rings is 3. The lowest BCUT2D eigenvalue weighted by molar-refractivity contribution is 0.0697. The summed E-state index contributed by atoms with van der Waals surface area (Å²) < 4.78 is 11.8. The molecule has 30 heavy (non-hydrogen) atoms. The van der Waals surface area contributed by atoms with Gasteiger partial charge in [0.2, 0.25) is 0 Å². The van der Waals surface area contributed by atoms with E-state index < -0.39 is 5.97 Å². The number of aromatic carboxylic acids is 1. The van der Waals surface area contributed by atoms with Crippen molar-refractivity contribution in [2.75, 3.05) is 11.9 Å². The molecule has 0 aliphatic carbocycles. The Morgan fingerprint density at radius 2 is 1.73 bits per heavy atom. The van der Waals surface area contributed by atoms with E-state index in [9.17, 15) is 9.90 Å². The second-order valence-electron chi connectivity index (χ2n) is 6.41. The normalized spacial score (nSPS) is 10.5. The first-order chi connectivity index (χ1) is 14.5. The van der Waals surface area contributed by atoms with Gasteiger partial charge in [-0.1, -0.05) is 53.5 Å². The van der Waals surface area contributed by atoms with Crippen molar-refractivity contribution in [3.8, 4) is 11.5 Å². The molecule has 2 N–H and O–H groups in total. The highest BCUT2D eigenvalue weighted by atomic mass is 35.5. The molecular weight excluding hydrogens is 425 g/mol. The molecule has 0 aliphatic heterocycles. The van der Waals surface area contributed by atoms with Gasteiger partial charge in [-0.25, -0.2) is 4.79 Å². The minimum absolute atomic E-state index is 0.0416. The van der Waals surface area contributed by atoms with Crippen molar-refractivity contribution in [3.05, 3.63) is 87.4 Å². The Labute approximate surface area is 185 Å². The van der Waals surface area contributed by atoms with Gasteiger partial charge in [-0.05, 0) is 37.3 Å². The number of carboxylic acid groups (broad SMARTS) is 1. The molecule has 0 aliphatic rings. The molecular formula is C23H21Cl2NO4. The fourth-order valence-electron chi connectivity index (χ4n) is 2.90. The Bertz CT molecular complexity index is 1040. The van der Waals surface area contributed by atoms with Crippen LogP contribution in [0.1, 0.15) is 28.4 Å². The molecule has 7 heteroatoms. The summed E-state index contributed by atoms with van der Waals surface area (Å²) in [5.41, 5.74) is 2.41. The van der Waals surface area contributed by atoms with Gasteiger partial charge in [-0.2, -0.15) is 0 Å². The summed E-state index contributed by atoms with van der Waals surface area (Å²) in [6.07, 6.45) is 0. The third kappa shape index (κ3) is 5.38. The maximum atomic E-state index is 11.3. The van der Waals surface area contributed by atoms with E-state index in [1.165, 1.54) is 6.07 Å². The van der Waals surface area contributed by atoms with Crippen molar-refractivity contribution in [2.24, 2.45) is 0 Å². The molecule has 0 amide bonds. The summed E-state index contributed by atoms with van der Waals surface area (Å²) >= 11 is 12.2. The second-order valence-corrected chi connectivity index (χ2v) is 7.23. The molecule has 0 heterocycles. The van der Waals surface area contributed by atoms with E-state index in [0.717, 1.165) is 11.1 Å². The molecule has 3 rings (SSSR count). The van der Waals surface area contributed by atoms with Crippen LogP contribution in [-0.4, -0.2) is 17.7 Å². The third-order valence-electron chi connectivity index (χ3n) is 4.37. The molecule has 5 nitrogen and oxygen atoms in total. The Kier molecular flexibility index (Phi) is 7.44. The van der Waals surface area contributed by atoms with Gasteiger partial charge in [0.25, 0.3) is 0 Å². The molecule has 3 aromatic rings. The topological polar surface area (TPSA) is 67.8 Å². The number of para-hydroxylation sites is 1. The van der Waals surface area contributed by atoms with Gasteiger partial charge in [0, 0.05) is 28.4 Å². The minimum atomic E-state index is -1.08. The zero-order chi connectivity index (χ0) is 21.5. The van der Waals surface area contributed by atoms with Crippen LogP contribution >= 0.6 is 23.2 Å². The largest absolute Gasteiger partial charge is 0.490 e. The van der Waals surface area contributed by atoms with Crippen LogP contribution < -0.4 is 14.8 Å². The number of anilines is 1. The van der Waals surface area contributed by atoms with Crippen molar-refractivity contribution < 1.29 is 19.4 Å². The first-order valence-corrected chi connectivity index (χ1v) is 10.1. The second kappa shape index (κ2) is 10.2. The van der Waals surface area contributed by atoms with E-state index in [1.807, 2.05) is 49.4 Å². The highest BCUT2D eigenvalue weighted by Crippen LogP contribution is 2.33. The van der Waals surface area contributed by atoms with Gasteiger partial charge >= 0.3 is 5.97 Å². The molecule has 0 unspecified atom stereocenters. The van der Waals surface area contributed by atoms with E-state index in [0.29, 0.717) is 42.0 Å². The Balaban J connectivity index is 1.82. The van der Waals surface area contributed by atoms with E-state index in [-0.39, 0.29) is 10.6 Å². The predicted molar refractivity (Wildman–Crippen MR) is 119 cm³/mol. The van der Waals surface area contributed by atoms with Gasteiger partial charge in [0.15, 0.2) is 11.5 Å². The predicted octanol–water partition coefficient (Wildman–Crippen LogP) is 6.28. The Morgan fingerprint density at radius 1 is 0.967 bits per heavy atom. The standard InChI is InChI=1S/C23H21Cl2NO4/c1-2-29-21-9-5-7-15(22(21)30-14-16-6-3-4-8-19(16)24)13-26-17-10-11-20(25)18(12-17)23(27)28/h3-12,26H,2,13-14H2,1H3,(H,27,28). The van der Waals surface area contributed by atoms with Crippen molar-refractivity contribution in [2.45, 2.75) is 20.1 Å². The lowest BCUT2D eigenvalue weighted by Crippen LogP contribution is -2.07. The number of hydrogen-bond donors (Lipinski definition) is 2. The highest BCUT2D eigenvalue weighted by molar-refractivity contribution is 6.33. The Morgan fingerprint density at radius 3 is 2.47 bits per heavy atom. The summed E-state index contributed by atoms with van der Waals surface area (Å²) in [6, 6.07) is 17.9. The number of hydrogen-bond acceptors (Lipinski definition) is 4. The highest BCUT2D eigenvalue weighted by Gasteiger charge is 2.14. The van der Waals surface area contributed by atoms with Crippen LogP contribution in [0.2, 0.25) is 10.0 Å². The summed E-state index contributed by atoms with van der Waals surface area (Å²) in [7, 11) is 0. The molecule has 0 aromatic heterocycles. The third-order valence-corrected chi connectivity index (χ3v) is 5.07. The number of rotatable bonds is 9. The van der Waals surface area contributed by atoms with Crippen LogP contribution in [-0.2, 0) is 13.2 Å². The number of nitrogens with one attached hydrogen (secondary N) is 1. The van der Waals surface area contributed by atoms with Crippen molar-refractivity contribution in [1.82, 2.24) is 0 Å². The molecule has 156 valence electrons. The van der Waals surface area contributed by atoms with Gasteiger partial charge in [0.1, 0.15) is 6.61 Å². The number of carboxylic acids is 1. The molecule has 0 saturated carbocycles. The summed E-state index contributed by atoms with van der Waals surface area (Å²) in [5, 5.41) is 13.3. The number of halogens is 2. The van der Waals surface area contributed by atoms with Gasteiger partial charge in [0.05, 0.1) is 17.2 Å². The SMILES string of the molecule is CCOc1cccc(CNc2ccc(Cl)c(C(=O)O)c2)c1OCc1ccccc1Cl. The monoisotopic (exact) mass is 445 g/mol. The lowest BCUT2D eigenvalue weighted by atomic mass is 10.1. The van der Waals surface area contributed by atoms with E-state index in [2.05, 4.69) is 5.32 Å². The zero-order valence-corrected chi connectivity index (χ0v) is 17.8. The smallest absolute Gasteiger partial charge is 0.337 e. The van der Waals surface area contributed by atoms with Crippen LogP contribution in [0.4, 0.5) is 5.69 Å². The fourth-order valence-corrected chi connectivity index (χ4v) is 3.28. The van der Waals surface area contributed by atoms with Crippen LogP contribution in [0.5, 0.6) is 11.5 Å². The first-order valence-electron chi connectivity index (χ1n) is 9.37. The van der Waals surface area contributed by atoms with E-state index in [4.69, 9.17) is 32.7 Å². The maximum Gasteiger partial charge on any atom is 0.337 e. The summed E-state index contributed by atoms with van der Waals surface area (Å²) in [5.74, 6) is 0.163. The van der Waals surface area contributed by atoms with Gasteiger partial charge in [-0.15, -0.1) is 0 Å². The molecule has 0 spiro atoms. The average Bonchev–Trinajstić information content (AvgIpc) is 2.73. The van der Waals surface area contributed by atoms with Gasteiger partial charge in [-0.3, -0.25) is 0 Å². The minimum Gasteiger partial charge on any atom is -0.490 e. The molecule has 0 atom stereocenters. The quantitative estimate of drug-likeness (QED) is 0.405. The number of ether oxygens (including phenoxy) is 2. The van der Waals surface area contributed by atoms with Crippen LogP contribution in [0.15, 0.2) is 60.7 Å². The van der Waals surface area contributed by atoms with Crippen LogP contribution in [0.25, 0.3) is 0 Å². The van der Waals surface area contributed by atoms with Crippen LogP contribution in [0, 0.1) is 0 Å². The summed E-state index contributed by atoms with van der Waals surface area (Å²) in [4.78, 5) is 11.3. The molecule has 0 bridgehead atoms. The van der Waals surface area contributed by atoms with E-state index >= 15 is 0 Å². The molecule has 0 fully saturated rings. The molecule has 0 radical (unpaired) electrons. The van der Waals surface area contributed by atoms with Gasteiger partial charge < -0.3 is 19.9 Å². The molecule has 3 aromatic carbocycles. The first kappa shape index (κ1) is 21.8. The maximum absolute atomic E-state index is 11.3. The van der Waals surface area contributed by atoms with Crippen LogP contribution in [0.3, 0.4) is 0 Å². The Hall–Kier alpha value is -2.89. The lowest BCUT2D eigenvalue weighted by Gasteiger charge is -2.17. The summed E-state index contributed by atoms with van der Waals surface area (Å²) in [6.45, 7) is 3.10. The fraction of sp³-hybridized carbons (Fsp3) is 0.174. The zero-order valence-electron chi connectivity index (χ0n) is 16.3. The molecule has 0 saturated heterocycles. The average molecular weight is 446 g/mol.